The van der Waals surface area contributed by atoms with E-state index in [1.165, 1.54) is 6.08 Å². The number of allylic oxidation sites excluding steroid dienone is 12. The maximum atomic E-state index is 14.4. The first-order chi connectivity index (χ1) is 35.7. The molecule has 2 bridgehead atoms. The van der Waals surface area contributed by atoms with Crippen molar-refractivity contribution in [2.75, 3.05) is 13.7 Å². The molecule has 2 saturated heterocycles. The number of hydrogen-bond acceptors (Lipinski definition) is 19. The summed E-state index contributed by atoms with van der Waals surface area (Å²) in [6.07, 6.45) is 4.22. The van der Waals surface area contributed by atoms with Crippen molar-refractivity contribution in [3.05, 3.63) is 121 Å². The van der Waals surface area contributed by atoms with Crippen LogP contribution in [0.25, 0.3) is 0 Å². The first-order valence-electron chi connectivity index (χ1n) is 25.5. The zero-order valence-electron chi connectivity index (χ0n) is 42.9. The van der Waals surface area contributed by atoms with Crippen LogP contribution in [0.15, 0.2) is 115 Å². The fourth-order valence-corrected chi connectivity index (χ4v) is 8.96. The maximum absolute atomic E-state index is 14.4. The van der Waals surface area contributed by atoms with Crippen LogP contribution in [-0.2, 0) is 44.5 Å². The largest absolute Gasteiger partial charge is 0.467 e. The molecule has 0 aliphatic carbocycles. The first-order valence-corrected chi connectivity index (χ1v) is 25.5. The number of carbonyl (C=O) groups is 3. The number of rotatable bonds is 7. The number of carbonyl (C=O) groups excluding carboxylic acids is 3. The van der Waals surface area contributed by atoms with Crippen LogP contribution in [0.5, 0.6) is 0 Å². The average molecular weight is 1060 g/mol. The lowest BCUT2D eigenvalue weighted by Crippen LogP contribution is -2.60. The highest BCUT2D eigenvalue weighted by atomic mass is 16.7. The van der Waals surface area contributed by atoms with Crippen LogP contribution in [0.4, 0.5) is 0 Å². The molecule has 0 radical (unpaired) electrons. The van der Waals surface area contributed by atoms with Gasteiger partial charge in [-0.05, 0) is 31.7 Å². The number of ether oxygens (including phenoxy) is 5. The molecule has 1 aromatic carbocycles. The summed E-state index contributed by atoms with van der Waals surface area (Å²) in [6.45, 7) is 3.15. The highest BCUT2D eigenvalue weighted by molar-refractivity contribution is 5.86. The first kappa shape index (κ1) is 62.8. The predicted octanol–water partition coefficient (Wildman–Crippen LogP) is 0.893. The molecule has 4 rings (SSSR count). The van der Waals surface area contributed by atoms with Crippen LogP contribution in [0.3, 0.4) is 0 Å². The van der Waals surface area contributed by atoms with E-state index >= 15 is 0 Å². The van der Waals surface area contributed by atoms with Gasteiger partial charge in [0.05, 0.1) is 93.1 Å². The normalized spacial score (nSPS) is 39.3. The summed E-state index contributed by atoms with van der Waals surface area (Å²) in [4.78, 5) is 40.0. The van der Waals surface area contributed by atoms with Crippen LogP contribution in [0.1, 0.15) is 77.2 Å². The van der Waals surface area contributed by atoms with Gasteiger partial charge in [0.2, 0.25) is 5.91 Å². The van der Waals surface area contributed by atoms with Crippen LogP contribution < -0.4 is 11.1 Å². The van der Waals surface area contributed by atoms with Gasteiger partial charge in [0.1, 0.15) is 18.2 Å². The zero-order valence-corrected chi connectivity index (χ0v) is 42.9. The van der Waals surface area contributed by atoms with Crippen LogP contribution >= 0.6 is 0 Å². The number of nitrogens with two attached hydrogens (primary N) is 1. The summed E-state index contributed by atoms with van der Waals surface area (Å²) >= 11 is 0. The molecule has 20 nitrogen and oxygen atoms in total. The Bertz CT molecular complexity index is 2100. The number of benzene rings is 1. The molecule has 0 saturated carbocycles. The Morgan fingerprint density at radius 3 is 1.96 bits per heavy atom. The Morgan fingerprint density at radius 2 is 1.33 bits per heavy atom. The summed E-state index contributed by atoms with van der Waals surface area (Å²) in [5.74, 6) is -6.53. The highest BCUT2D eigenvalue weighted by Gasteiger charge is 2.51. The van der Waals surface area contributed by atoms with E-state index in [0.29, 0.717) is 5.56 Å². The van der Waals surface area contributed by atoms with Gasteiger partial charge < -0.3 is 85.8 Å². The lowest BCUT2D eigenvalue weighted by molar-refractivity contribution is -0.304. The van der Waals surface area contributed by atoms with Gasteiger partial charge >= 0.3 is 11.9 Å². The second-order valence-electron chi connectivity index (χ2n) is 19.6. The predicted molar refractivity (Wildman–Crippen MR) is 274 cm³/mol. The molecular weight excluding hydrogens is 977 g/mol. The molecule has 6 unspecified atom stereocenters. The third-order valence-electron chi connectivity index (χ3n) is 13.2. The summed E-state index contributed by atoms with van der Waals surface area (Å²) < 4.78 is 28.4. The highest BCUT2D eigenvalue weighted by Crippen LogP contribution is 2.38. The number of fused-ring (bicyclic) bond motifs is 2. The lowest BCUT2D eigenvalue weighted by Gasteiger charge is -2.46. The minimum atomic E-state index is -2.38. The van der Waals surface area contributed by atoms with Gasteiger partial charge in [-0.15, -0.1) is 0 Å². The van der Waals surface area contributed by atoms with Crippen molar-refractivity contribution in [2.45, 2.75) is 175 Å². The van der Waals surface area contributed by atoms with Crippen LogP contribution in [0, 0.1) is 11.8 Å². The van der Waals surface area contributed by atoms with Crippen LogP contribution in [-0.4, -0.2) is 180 Å². The van der Waals surface area contributed by atoms with Gasteiger partial charge in [-0.3, -0.25) is 9.59 Å². The van der Waals surface area contributed by atoms with Gasteiger partial charge in [0.25, 0.3) is 0 Å². The Hall–Kier alpha value is -4.75. The molecule has 2 fully saturated rings. The monoisotopic (exact) mass is 1060 g/mol. The van der Waals surface area contributed by atoms with Crippen molar-refractivity contribution in [1.82, 2.24) is 5.32 Å². The molecule has 0 aromatic heterocycles. The van der Waals surface area contributed by atoms with Crippen molar-refractivity contribution in [3.8, 4) is 0 Å². The fourth-order valence-electron chi connectivity index (χ4n) is 8.96. The van der Waals surface area contributed by atoms with Gasteiger partial charge in [-0.1, -0.05) is 122 Å². The van der Waals surface area contributed by atoms with E-state index < -0.39 is 147 Å². The molecule has 1 amide bonds. The Balaban J connectivity index is 1.64. The zero-order chi connectivity index (χ0) is 55.1. The van der Waals surface area contributed by atoms with Crippen molar-refractivity contribution in [3.63, 3.8) is 0 Å². The number of methoxy groups -OCH3 is 1. The van der Waals surface area contributed by atoms with Crippen molar-refractivity contribution in [2.24, 2.45) is 17.6 Å². The molecule has 3 aliphatic heterocycles. The number of aliphatic hydroxyl groups excluding tert-OH is 9. The number of esters is 2. The van der Waals surface area contributed by atoms with E-state index in [1.54, 1.807) is 110 Å². The third-order valence-corrected chi connectivity index (χ3v) is 13.2. The standard InChI is InChI=1S/C55H80N2O18/c1-34-19-15-12-10-8-6-4-5-7-9-11-13-18-22-40(74-54-51(67)50(56)46(65)33-72-54)30-47-49(52(68)57-41(53(69)71-3)26-36-20-16-14-17-21-36)45(64)32-55(70,75-47)31-39(60)28-44(63)42(61)24-23-37(58)27-38(59)29-48(66)73-35(2)25-43(34)62/h4-22,34-35,37-47,49-51,54,58-65,67,70H,23-33,56H2,1-3H3,(H,57,68)/b5-4+,8-6+,9-7+,12-10+,13-11+,19-15+,22-18+/t34-,35-,37?,38+,39?,40?,41-,42?,43-,44?,45-,46+,47-,49+,50-,51-,54-,55?/m0/s1. The second kappa shape index (κ2) is 32.1. The molecule has 18 atom stereocenters. The lowest BCUT2D eigenvalue weighted by atomic mass is 9.82. The Labute approximate surface area is 438 Å². The number of amides is 1. The minimum Gasteiger partial charge on any atom is -0.467 e. The summed E-state index contributed by atoms with van der Waals surface area (Å²) in [5.41, 5.74) is 6.73. The number of nitrogens with one attached hydrogen (secondary N) is 1. The van der Waals surface area contributed by atoms with E-state index in [1.807, 2.05) is 13.0 Å². The van der Waals surface area contributed by atoms with Crippen molar-refractivity contribution in [1.29, 1.82) is 0 Å². The molecule has 1 aromatic rings. The molecule has 75 heavy (non-hydrogen) atoms. The Morgan fingerprint density at radius 1 is 0.720 bits per heavy atom. The quantitative estimate of drug-likeness (QED) is 0.169. The van der Waals surface area contributed by atoms with Gasteiger partial charge in [-0.25, -0.2) is 4.79 Å². The van der Waals surface area contributed by atoms with Crippen molar-refractivity contribution < 1.29 is 89.1 Å². The SMILES string of the molecule is COC(=O)[C@H](Cc1ccccc1)NC(=O)[C@H]1[C@@H]2CC(O[C@@H]3OC[C@@H](O)[C@H](N)[C@@H]3O)/C=C/C=C/C=C/C=C/C=C/C=C/C=C/[C@H](C)[C@@H](O)C[C@H](C)OC(=O)C[C@H](O)CC(O)CCC(O)C(O)CC(O)CC(O)(C[C@@H]1O)O2. The van der Waals surface area contributed by atoms with Gasteiger partial charge in [0, 0.05) is 44.4 Å². The molecular formula is C55H80N2O18. The molecule has 0 spiro atoms. The van der Waals surface area contributed by atoms with E-state index in [2.05, 4.69) is 5.32 Å². The molecule has 3 aliphatic rings. The number of aliphatic hydroxyl groups is 10. The number of cyclic esters (lactones) is 1. The smallest absolute Gasteiger partial charge is 0.328 e. The third kappa shape index (κ3) is 22.0. The van der Waals surface area contributed by atoms with E-state index in [4.69, 9.17) is 29.4 Å². The Kier molecular flexibility index (Phi) is 26.9. The van der Waals surface area contributed by atoms with Crippen LogP contribution in [0.2, 0.25) is 0 Å². The second-order valence-corrected chi connectivity index (χ2v) is 19.6. The molecule has 418 valence electrons. The van der Waals surface area contributed by atoms with E-state index in [9.17, 15) is 65.4 Å². The van der Waals surface area contributed by atoms with E-state index in [0.717, 1.165) is 7.11 Å². The fraction of sp³-hybridized carbons (Fsp3) is 0.582. The summed E-state index contributed by atoms with van der Waals surface area (Å²) in [6, 6.07) is 6.40. The van der Waals surface area contributed by atoms with Crippen molar-refractivity contribution >= 4 is 17.8 Å². The number of hydrogen-bond donors (Lipinski definition) is 12. The molecule has 13 N–H and O–H groups in total. The van der Waals surface area contributed by atoms with E-state index in [-0.39, 0.29) is 51.0 Å². The summed E-state index contributed by atoms with van der Waals surface area (Å²) in [7, 11) is 1.16. The molecule has 3 heterocycles. The molecule has 20 heteroatoms. The minimum absolute atomic E-state index is 0.0149. The maximum Gasteiger partial charge on any atom is 0.328 e. The van der Waals surface area contributed by atoms with Gasteiger partial charge in [0.15, 0.2) is 12.1 Å². The summed E-state index contributed by atoms with van der Waals surface area (Å²) in [5, 5.41) is 113. The average Bonchev–Trinajstić information content (AvgIpc) is 3.34. The topological polar surface area (TPSA) is 338 Å². The van der Waals surface area contributed by atoms with Gasteiger partial charge in [-0.2, -0.15) is 0 Å².